The molecule has 0 saturated carbocycles. The summed E-state index contributed by atoms with van der Waals surface area (Å²) in [6, 6.07) is 5.68. The van der Waals surface area contributed by atoms with E-state index in [2.05, 4.69) is 15.3 Å². The quantitative estimate of drug-likeness (QED) is 0.859. The van der Waals surface area contributed by atoms with E-state index in [9.17, 15) is 0 Å². The van der Waals surface area contributed by atoms with Crippen LogP contribution in [0.15, 0.2) is 24.5 Å². The smallest absolute Gasteiger partial charge is 0.137 e. The molecular weight excluding hydrogens is 278 g/mol. The van der Waals surface area contributed by atoms with Gasteiger partial charge in [-0.15, -0.1) is 0 Å². The van der Waals surface area contributed by atoms with Crippen LogP contribution in [0.5, 0.6) is 11.5 Å². The fourth-order valence-electron chi connectivity index (χ4n) is 1.78. The number of nitrogens with one attached hydrogen (secondary N) is 1. The molecule has 1 aromatic heterocycles. The van der Waals surface area contributed by atoms with Gasteiger partial charge >= 0.3 is 0 Å². The Morgan fingerprint density at radius 2 is 2.00 bits per heavy atom. The lowest BCUT2D eigenvalue weighted by Crippen LogP contribution is -2.05. The molecule has 0 aliphatic rings. The fourth-order valence-corrected chi connectivity index (χ4v) is 1.92. The number of hydrogen-bond donors (Lipinski definition) is 1. The Morgan fingerprint density at radius 3 is 2.70 bits per heavy atom. The molecule has 0 fully saturated rings. The maximum atomic E-state index is 5.96. The predicted molar refractivity (Wildman–Crippen MR) is 78.7 cm³/mol. The number of rotatable bonds is 5. The van der Waals surface area contributed by atoms with Gasteiger partial charge in [-0.1, -0.05) is 11.6 Å². The van der Waals surface area contributed by atoms with Crippen molar-refractivity contribution in [2.45, 2.75) is 13.5 Å². The molecule has 0 aliphatic heterocycles. The van der Waals surface area contributed by atoms with Gasteiger partial charge in [-0.2, -0.15) is 0 Å². The highest BCUT2D eigenvalue weighted by atomic mass is 35.5. The summed E-state index contributed by atoms with van der Waals surface area (Å²) in [5.41, 5.74) is 1.82. The lowest BCUT2D eigenvalue weighted by atomic mass is 10.2. The van der Waals surface area contributed by atoms with Crippen LogP contribution in [0.3, 0.4) is 0 Å². The molecule has 1 aromatic carbocycles. The van der Waals surface area contributed by atoms with Crippen molar-refractivity contribution in [3.8, 4) is 11.5 Å². The molecule has 2 aromatic rings. The molecule has 106 valence electrons. The number of ether oxygens (including phenoxy) is 2. The van der Waals surface area contributed by atoms with Gasteiger partial charge in [0, 0.05) is 23.7 Å². The molecule has 0 saturated heterocycles. The second kappa shape index (κ2) is 6.43. The minimum atomic E-state index is 0.448. The zero-order valence-corrected chi connectivity index (χ0v) is 12.4. The van der Waals surface area contributed by atoms with Gasteiger partial charge in [0.1, 0.15) is 28.8 Å². The zero-order valence-electron chi connectivity index (χ0n) is 11.6. The molecule has 0 radical (unpaired) electrons. The number of methoxy groups -OCH3 is 2. The number of benzene rings is 1. The third-order valence-electron chi connectivity index (χ3n) is 2.96. The van der Waals surface area contributed by atoms with Crippen LogP contribution in [-0.4, -0.2) is 24.2 Å². The largest absolute Gasteiger partial charge is 0.497 e. The fraction of sp³-hybridized carbons (Fsp3) is 0.286. The molecule has 0 bridgehead atoms. The molecule has 2 rings (SSSR count). The predicted octanol–water partition coefficient (Wildman–Crippen LogP) is 3.07. The summed E-state index contributed by atoms with van der Waals surface area (Å²) in [5.74, 6) is 2.23. The van der Waals surface area contributed by atoms with E-state index in [4.69, 9.17) is 21.1 Å². The number of hydrogen-bond acceptors (Lipinski definition) is 5. The Morgan fingerprint density at radius 1 is 1.20 bits per heavy atom. The van der Waals surface area contributed by atoms with Gasteiger partial charge < -0.3 is 14.8 Å². The van der Waals surface area contributed by atoms with Gasteiger partial charge in [-0.3, -0.25) is 0 Å². The van der Waals surface area contributed by atoms with Crippen molar-refractivity contribution in [2.75, 3.05) is 19.5 Å². The number of halogens is 1. The van der Waals surface area contributed by atoms with Gasteiger partial charge in [0.15, 0.2) is 0 Å². The summed E-state index contributed by atoms with van der Waals surface area (Å²) in [6.45, 7) is 2.44. The van der Waals surface area contributed by atoms with E-state index >= 15 is 0 Å². The van der Waals surface area contributed by atoms with E-state index in [-0.39, 0.29) is 0 Å². The van der Waals surface area contributed by atoms with Crippen LogP contribution in [-0.2, 0) is 6.54 Å². The first-order chi connectivity index (χ1) is 9.65. The van der Waals surface area contributed by atoms with Crippen LogP contribution in [0, 0.1) is 6.92 Å². The number of nitrogens with zero attached hydrogens (tertiary/aromatic N) is 2. The molecule has 6 heteroatoms. The van der Waals surface area contributed by atoms with Crippen molar-refractivity contribution < 1.29 is 9.47 Å². The summed E-state index contributed by atoms with van der Waals surface area (Å²) in [7, 11) is 3.25. The number of anilines is 1. The van der Waals surface area contributed by atoms with Crippen molar-refractivity contribution in [3.05, 3.63) is 40.8 Å². The van der Waals surface area contributed by atoms with Crippen LogP contribution < -0.4 is 14.8 Å². The Hall–Kier alpha value is -2.01. The second-order valence-corrected chi connectivity index (χ2v) is 4.53. The van der Waals surface area contributed by atoms with Crippen molar-refractivity contribution >= 4 is 17.4 Å². The van der Waals surface area contributed by atoms with Crippen LogP contribution in [0.1, 0.15) is 11.1 Å². The van der Waals surface area contributed by atoms with Crippen LogP contribution in [0.4, 0.5) is 5.82 Å². The first-order valence-corrected chi connectivity index (χ1v) is 6.45. The molecule has 0 atom stereocenters. The molecule has 20 heavy (non-hydrogen) atoms. The lowest BCUT2D eigenvalue weighted by Gasteiger charge is -2.12. The van der Waals surface area contributed by atoms with E-state index < -0.39 is 0 Å². The third kappa shape index (κ3) is 3.11. The van der Waals surface area contributed by atoms with Gasteiger partial charge in [-0.25, -0.2) is 9.97 Å². The molecule has 0 spiro atoms. The highest BCUT2D eigenvalue weighted by Crippen LogP contribution is 2.26. The Balaban J connectivity index is 2.16. The Labute approximate surface area is 122 Å². The van der Waals surface area contributed by atoms with E-state index in [1.165, 1.54) is 6.33 Å². The monoisotopic (exact) mass is 293 g/mol. The normalized spacial score (nSPS) is 10.2. The summed E-state index contributed by atoms with van der Waals surface area (Å²) in [4.78, 5) is 8.10. The Bertz CT molecular complexity index is 605. The summed E-state index contributed by atoms with van der Waals surface area (Å²) >= 11 is 5.96. The molecule has 0 aliphatic carbocycles. The average Bonchev–Trinajstić information content (AvgIpc) is 2.48. The summed E-state index contributed by atoms with van der Waals surface area (Å²) < 4.78 is 10.5. The van der Waals surface area contributed by atoms with Crippen molar-refractivity contribution in [1.82, 2.24) is 9.97 Å². The third-order valence-corrected chi connectivity index (χ3v) is 3.34. The molecular formula is C14H16ClN3O2. The minimum absolute atomic E-state index is 0.448. The van der Waals surface area contributed by atoms with Gasteiger partial charge in [0.05, 0.1) is 14.2 Å². The van der Waals surface area contributed by atoms with Gasteiger partial charge in [0.2, 0.25) is 0 Å². The standard InChI is InChI=1S/C14H16ClN3O2/c1-9-13(15)17-8-18-14(9)16-7-10-4-5-11(19-2)6-12(10)20-3/h4-6,8H,7H2,1-3H3,(H,16,17,18). The van der Waals surface area contributed by atoms with Crippen molar-refractivity contribution in [2.24, 2.45) is 0 Å². The van der Waals surface area contributed by atoms with Crippen LogP contribution >= 0.6 is 11.6 Å². The molecule has 5 nitrogen and oxygen atoms in total. The molecule has 1 N–H and O–H groups in total. The Kier molecular flexibility index (Phi) is 4.63. The van der Waals surface area contributed by atoms with Crippen LogP contribution in [0.2, 0.25) is 5.15 Å². The first kappa shape index (κ1) is 14.4. The first-order valence-electron chi connectivity index (χ1n) is 6.07. The molecule has 1 heterocycles. The maximum Gasteiger partial charge on any atom is 0.137 e. The SMILES string of the molecule is COc1ccc(CNc2ncnc(Cl)c2C)c(OC)c1. The highest BCUT2D eigenvalue weighted by molar-refractivity contribution is 6.30. The number of aromatic nitrogens is 2. The lowest BCUT2D eigenvalue weighted by molar-refractivity contribution is 0.391. The van der Waals surface area contributed by atoms with Crippen molar-refractivity contribution in [1.29, 1.82) is 0 Å². The van der Waals surface area contributed by atoms with Gasteiger partial charge in [-0.05, 0) is 19.1 Å². The summed E-state index contributed by atoms with van der Waals surface area (Å²) in [6.07, 6.45) is 1.43. The van der Waals surface area contributed by atoms with E-state index in [0.29, 0.717) is 17.5 Å². The van der Waals surface area contributed by atoms with E-state index in [1.54, 1.807) is 14.2 Å². The van der Waals surface area contributed by atoms with Gasteiger partial charge in [0.25, 0.3) is 0 Å². The minimum Gasteiger partial charge on any atom is -0.497 e. The van der Waals surface area contributed by atoms with E-state index in [0.717, 1.165) is 22.6 Å². The summed E-state index contributed by atoms with van der Waals surface area (Å²) in [5, 5.41) is 3.67. The molecule has 0 unspecified atom stereocenters. The topological polar surface area (TPSA) is 56.3 Å². The van der Waals surface area contributed by atoms with E-state index in [1.807, 2.05) is 25.1 Å². The average molecular weight is 294 g/mol. The maximum absolute atomic E-state index is 5.96. The van der Waals surface area contributed by atoms with Crippen LogP contribution in [0.25, 0.3) is 0 Å². The second-order valence-electron chi connectivity index (χ2n) is 4.17. The highest BCUT2D eigenvalue weighted by Gasteiger charge is 2.08. The molecule has 0 amide bonds. The van der Waals surface area contributed by atoms with Crippen molar-refractivity contribution in [3.63, 3.8) is 0 Å². The zero-order chi connectivity index (χ0) is 14.5.